The number of hydrogen-bond acceptors (Lipinski definition) is 4. The molecule has 9 heteroatoms. The summed E-state index contributed by atoms with van der Waals surface area (Å²) in [6.07, 6.45) is -1.29. The van der Waals surface area contributed by atoms with Crippen molar-refractivity contribution in [3.63, 3.8) is 0 Å². The zero-order valence-corrected chi connectivity index (χ0v) is 18.5. The molecule has 4 rings (SSSR count). The summed E-state index contributed by atoms with van der Waals surface area (Å²) in [5, 5.41) is 9.18. The fourth-order valence-corrected chi connectivity index (χ4v) is 3.54. The Balaban J connectivity index is 1.50. The maximum atomic E-state index is 13.4. The van der Waals surface area contributed by atoms with Gasteiger partial charge in [0.05, 0.1) is 16.8 Å². The van der Waals surface area contributed by atoms with Crippen LogP contribution in [0.4, 0.5) is 13.2 Å². The van der Waals surface area contributed by atoms with E-state index in [1.165, 1.54) is 6.20 Å². The SMILES string of the molecule is Cc1cc(-c2ccc(OCC(C)(C)C(=O)O)cc2)ncc1-c1ncc(C2(C(F)(F)F)CC2)[nH]1. The van der Waals surface area contributed by atoms with Crippen molar-refractivity contribution in [1.82, 2.24) is 15.0 Å². The second-order valence-electron chi connectivity index (χ2n) is 9.11. The van der Waals surface area contributed by atoms with Gasteiger partial charge < -0.3 is 14.8 Å². The molecular formula is C24H24F3N3O3. The molecule has 2 N–H and O–H groups in total. The molecule has 0 bridgehead atoms. The molecule has 33 heavy (non-hydrogen) atoms. The predicted molar refractivity (Wildman–Crippen MR) is 116 cm³/mol. The third-order valence-electron chi connectivity index (χ3n) is 6.08. The molecule has 1 fully saturated rings. The number of pyridine rings is 1. The summed E-state index contributed by atoms with van der Waals surface area (Å²) < 4.78 is 45.8. The average Bonchev–Trinajstić information content (AvgIpc) is 3.44. The number of nitrogens with zero attached hydrogens (tertiary/aromatic N) is 2. The molecule has 0 aliphatic heterocycles. The van der Waals surface area contributed by atoms with E-state index in [2.05, 4.69) is 15.0 Å². The lowest BCUT2D eigenvalue weighted by molar-refractivity contribution is -0.161. The van der Waals surface area contributed by atoms with Gasteiger partial charge in [-0.3, -0.25) is 9.78 Å². The Morgan fingerprint density at radius 2 is 1.82 bits per heavy atom. The number of benzene rings is 1. The van der Waals surface area contributed by atoms with Crippen LogP contribution in [0.2, 0.25) is 0 Å². The second kappa shape index (κ2) is 7.90. The number of H-pyrrole nitrogens is 1. The molecule has 1 aromatic carbocycles. The number of ether oxygens (including phenoxy) is 1. The highest BCUT2D eigenvalue weighted by Gasteiger charge is 2.65. The quantitative estimate of drug-likeness (QED) is 0.485. The van der Waals surface area contributed by atoms with Crippen molar-refractivity contribution in [2.24, 2.45) is 5.41 Å². The van der Waals surface area contributed by atoms with Crippen LogP contribution in [0.25, 0.3) is 22.6 Å². The van der Waals surface area contributed by atoms with Gasteiger partial charge >= 0.3 is 12.1 Å². The molecule has 0 radical (unpaired) electrons. The highest BCUT2D eigenvalue weighted by molar-refractivity contribution is 5.73. The molecule has 0 amide bonds. The number of aryl methyl sites for hydroxylation is 1. The van der Waals surface area contributed by atoms with E-state index in [1.807, 2.05) is 25.1 Å². The van der Waals surface area contributed by atoms with E-state index in [-0.39, 0.29) is 25.1 Å². The van der Waals surface area contributed by atoms with E-state index in [0.29, 0.717) is 22.8 Å². The zero-order valence-electron chi connectivity index (χ0n) is 18.5. The number of carboxylic acids is 1. The van der Waals surface area contributed by atoms with Gasteiger partial charge in [0.1, 0.15) is 23.6 Å². The highest BCUT2D eigenvalue weighted by atomic mass is 19.4. The maximum absolute atomic E-state index is 13.4. The van der Waals surface area contributed by atoms with Crippen molar-refractivity contribution in [2.75, 3.05) is 6.61 Å². The lowest BCUT2D eigenvalue weighted by Crippen LogP contribution is -2.30. The average molecular weight is 459 g/mol. The van der Waals surface area contributed by atoms with Crippen LogP contribution in [-0.2, 0) is 10.2 Å². The van der Waals surface area contributed by atoms with Gasteiger partial charge in [-0.2, -0.15) is 13.2 Å². The van der Waals surface area contributed by atoms with E-state index in [1.54, 1.807) is 32.2 Å². The van der Waals surface area contributed by atoms with Gasteiger partial charge in [-0.1, -0.05) is 0 Å². The van der Waals surface area contributed by atoms with Gasteiger partial charge in [0.15, 0.2) is 0 Å². The fourth-order valence-electron chi connectivity index (χ4n) is 3.54. The summed E-state index contributed by atoms with van der Waals surface area (Å²) in [7, 11) is 0. The molecule has 2 heterocycles. The lowest BCUT2D eigenvalue weighted by Gasteiger charge is -2.19. The first-order valence-corrected chi connectivity index (χ1v) is 10.5. The fraction of sp³-hybridized carbons (Fsp3) is 0.375. The molecule has 0 spiro atoms. The number of halogens is 3. The number of aliphatic carboxylic acids is 1. The van der Waals surface area contributed by atoms with Crippen molar-refractivity contribution in [3.05, 3.63) is 54.0 Å². The third kappa shape index (κ3) is 4.31. The summed E-state index contributed by atoms with van der Waals surface area (Å²) in [6, 6.07) is 8.95. The molecule has 1 aliphatic carbocycles. The van der Waals surface area contributed by atoms with Crippen LogP contribution in [0.3, 0.4) is 0 Å². The summed E-state index contributed by atoms with van der Waals surface area (Å²) in [5.74, 6) is -0.0293. The van der Waals surface area contributed by atoms with E-state index in [9.17, 15) is 23.1 Å². The van der Waals surface area contributed by atoms with Crippen molar-refractivity contribution < 1.29 is 27.8 Å². The summed E-state index contributed by atoms with van der Waals surface area (Å²) in [6.45, 7) is 5.07. The number of aromatic amines is 1. The van der Waals surface area contributed by atoms with Crippen LogP contribution in [0.1, 0.15) is 37.9 Å². The molecule has 0 atom stereocenters. The molecule has 6 nitrogen and oxygen atoms in total. The number of imidazole rings is 1. The third-order valence-corrected chi connectivity index (χ3v) is 6.08. The van der Waals surface area contributed by atoms with Crippen molar-refractivity contribution in [1.29, 1.82) is 0 Å². The minimum Gasteiger partial charge on any atom is -0.492 e. The van der Waals surface area contributed by atoms with Crippen molar-refractivity contribution in [3.8, 4) is 28.4 Å². The Bertz CT molecular complexity index is 1180. The zero-order chi connectivity index (χ0) is 24.0. The minimum absolute atomic E-state index is 0.0362. The van der Waals surface area contributed by atoms with Crippen LogP contribution in [-0.4, -0.2) is 38.8 Å². The smallest absolute Gasteiger partial charge is 0.399 e. The molecule has 0 saturated heterocycles. The molecular weight excluding hydrogens is 435 g/mol. The van der Waals surface area contributed by atoms with E-state index < -0.39 is 23.0 Å². The lowest BCUT2D eigenvalue weighted by atomic mass is 9.95. The van der Waals surface area contributed by atoms with Crippen molar-refractivity contribution in [2.45, 2.75) is 45.2 Å². The van der Waals surface area contributed by atoms with Crippen LogP contribution < -0.4 is 4.74 Å². The van der Waals surface area contributed by atoms with Crippen LogP contribution >= 0.6 is 0 Å². The van der Waals surface area contributed by atoms with Crippen LogP contribution in [0, 0.1) is 12.3 Å². The summed E-state index contributed by atoms with van der Waals surface area (Å²) >= 11 is 0. The Kier molecular flexibility index (Phi) is 5.46. The molecule has 0 unspecified atom stereocenters. The molecule has 1 aliphatic rings. The van der Waals surface area contributed by atoms with Crippen LogP contribution in [0.15, 0.2) is 42.7 Å². The maximum Gasteiger partial charge on any atom is 0.399 e. The monoisotopic (exact) mass is 459 g/mol. The standard InChI is InChI=1S/C24H24F3N3O3/c1-14-10-18(15-4-6-16(7-5-15)33-13-22(2,3)21(31)32)28-11-17(14)20-29-12-19(30-20)23(8-9-23)24(25,26)27/h4-7,10-12H,8-9,13H2,1-3H3,(H,29,30)(H,31,32). The van der Waals surface area contributed by atoms with Crippen molar-refractivity contribution >= 4 is 5.97 Å². The second-order valence-corrected chi connectivity index (χ2v) is 9.11. The molecule has 1 saturated carbocycles. The van der Waals surface area contributed by atoms with Crippen LogP contribution in [0.5, 0.6) is 5.75 Å². The Labute approximate surface area is 188 Å². The van der Waals surface area contributed by atoms with Gasteiger partial charge in [0.25, 0.3) is 0 Å². The summed E-state index contributed by atoms with van der Waals surface area (Å²) in [5.41, 5.74) is 0.259. The predicted octanol–water partition coefficient (Wildman–Crippen LogP) is 5.53. The normalized spacial score (nSPS) is 15.3. The van der Waals surface area contributed by atoms with Gasteiger partial charge in [0.2, 0.25) is 0 Å². The number of hydrogen-bond donors (Lipinski definition) is 2. The first kappa shape index (κ1) is 22.8. The van der Waals surface area contributed by atoms with E-state index in [0.717, 1.165) is 11.1 Å². The number of alkyl halides is 3. The first-order valence-electron chi connectivity index (χ1n) is 10.5. The Hall–Kier alpha value is -3.36. The van der Waals surface area contributed by atoms with Gasteiger partial charge in [-0.05, 0) is 69.5 Å². The largest absolute Gasteiger partial charge is 0.492 e. The summed E-state index contributed by atoms with van der Waals surface area (Å²) in [4.78, 5) is 22.7. The first-order chi connectivity index (χ1) is 15.4. The van der Waals surface area contributed by atoms with E-state index >= 15 is 0 Å². The molecule has 174 valence electrons. The van der Waals surface area contributed by atoms with E-state index in [4.69, 9.17) is 4.74 Å². The highest BCUT2D eigenvalue weighted by Crippen LogP contribution is 2.58. The van der Waals surface area contributed by atoms with Gasteiger partial charge in [-0.15, -0.1) is 0 Å². The Morgan fingerprint density at radius 3 is 2.36 bits per heavy atom. The number of carboxylic acid groups (broad SMARTS) is 1. The molecule has 3 aromatic rings. The number of nitrogens with one attached hydrogen (secondary N) is 1. The van der Waals surface area contributed by atoms with Gasteiger partial charge in [0, 0.05) is 23.5 Å². The molecule has 2 aromatic heterocycles. The van der Waals surface area contributed by atoms with Gasteiger partial charge in [-0.25, -0.2) is 4.98 Å². The number of carbonyl (C=O) groups is 1. The Morgan fingerprint density at radius 1 is 1.15 bits per heavy atom. The number of rotatable bonds is 7. The minimum atomic E-state index is -4.30. The topological polar surface area (TPSA) is 88.1 Å². The number of aromatic nitrogens is 3.